The Morgan fingerprint density at radius 2 is 2.28 bits per heavy atom. The number of thioether (sulfide) groups is 1. The molecule has 0 radical (unpaired) electrons. The van der Waals surface area contributed by atoms with Gasteiger partial charge in [0.2, 0.25) is 5.78 Å². The van der Waals surface area contributed by atoms with Gasteiger partial charge in [-0.1, -0.05) is 0 Å². The van der Waals surface area contributed by atoms with Crippen molar-refractivity contribution in [1.29, 1.82) is 0 Å². The first-order valence-corrected chi connectivity index (χ1v) is 11.6. The lowest BCUT2D eigenvalue weighted by molar-refractivity contribution is 0.0936. The monoisotopic (exact) mass is 442 g/mol. The third kappa shape index (κ3) is 5.51. The minimum atomic E-state index is -4.07. The highest BCUT2D eigenvalue weighted by atomic mass is 32.2. The minimum absolute atomic E-state index is 0.208. The van der Waals surface area contributed by atoms with E-state index in [1.54, 1.807) is 28.7 Å². The first-order valence-electron chi connectivity index (χ1n) is 8.77. The number of carbonyl (C=O) groups is 1. The minimum Gasteiger partial charge on any atom is -0.391 e. The molecule has 0 aliphatic heterocycles. The van der Waals surface area contributed by atoms with E-state index in [9.17, 15) is 18.3 Å². The van der Waals surface area contributed by atoms with Gasteiger partial charge in [0.1, 0.15) is 17.8 Å². The van der Waals surface area contributed by atoms with Crippen molar-refractivity contribution in [3.8, 4) is 0 Å². The molecule has 29 heavy (non-hydrogen) atoms. The summed E-state index contributed by atoms with van der Waals surface area (Å²) in [7, 11) is -4.07. The summed E-state index contributed by atoms with van der Waals surface area (Å²) < 4.78 is 28.2. The Bertz CT molecular complexity index is 966. The second kappa shape index (κ2) is 9.17. The highest BCUT2D eigenvalue weighted by molar-refractivity contribution is 7.97. The van der Waals surface area contributed by atoms with Crippen LogP contribution in [0.25, 0.3) is 0 Å². The molecule has 0 saturated heterocycles. The van der Waals surface area contributed by atoms with E-state index in [1.807, 2.05) is 6.26 Å². The summed E-state index contributed by atoms with van der Waals surface area (Å²) in [6.07, 6.45) is 6.53. The van der Waals surface area contributed by atoms with Crippen LogP contribution in [0.5, 0.6) is 0 Å². The molecule has 1 aliphatic rings. The van der Waals surface area contributed by atoms with Crippen LogP contribution in [0.1, 0.15) is 28.9 Å². The number of aliphatic hydroxyl groups is 1. The van der Waals surface area contributed by atoms with Crippen LogP contribution in [-0.4, -0.2) is 64.1 Å². The second-order valence-corrected chi connectivity index (χ2v) is 8.69. The Morgan fingerprint density at radius 1 is 1.48 bits per heavy atom. The number of anilines is 1. The van der Waals surface area contributed by atoms with Crippen LogP contribution >= 0.6 is 11.8 Å². The van der Waals surface area contributed by atoms with Crippen molar-refractivity contribution in [3.63, 3.8) is 0 Å². The highest BCUT2D eigenvalue weighted by Crippen LogP contribution is 2.30. The number of aliphatic hydroxyl groups excluding tert-OH is 1. The summed E-state index contributed by atoms with van der Waals surface area (Å²) >= 11 is 1.57. The maximum Gasteiger partial charge on any atom is 0.333 e. The molecule has 0 bridgehead atoms. The van der Waals surface area contributed by atoms with Crippen molar-refractivity contribution in [1.82, 2.24) is 19.7 Å². The fourth-order valence-electron chi connectivity index (χ4n) is 3.20. The third-order valence-electron chi connectivity index (χ3n) is 4.60. The van der Waals surface area contributed by atoms with Gasteiger partial charge in [-0.3, -0.25) is 13.7 Å². The lowest BCUT2D eigenvalue weighted by Gasteiger charge is -2.21. The fourth-order valence-corrected chi connectivity index (χ4v) is 3.97. The van der Waals surface area contributed by atoms with Gasteiger partial charge in [0.25, 0.3) is 0 Å². The maximum atomic E-state index is 12.9. The Balaban J connectivity index is 1.71. The number of ketones is 1. The van der Waals surface area contributed by atoms with Gasteiger partial charge in [0.05, 0.1) is 30.2 Å². The van der Waals surface area contributed by atoms with E-state index in [-0.39, 0.29) is 29.5 Å². The predicted molar refractivity (Wildman–Crippen MR) is 106 cm³/mol. The van der Waals surface area contributed by atoms with Crippen molar-refractivity contribution < 1.29 is 22.5 Å². The molecule has 2 heterocycles. The zero-order chi connectivity index (χ0) is 21.0. The van der Waals surface area contributed by atoms with Gasteiger partial charge in [0, 0.05) is 18.3 Å². The first-order chi connectivity index (χ1) is 13.8. The van der Waals surface area contributed by atoms with Crippen LogP contribution in [0, 0.1) is 5.92 Å². The molecule has 1 fully saturated rings. The summed E-state index contributed by atoms with van der Waals surface area (Å²) in [6.45, 7) is -0.208. The van der Waals surface area contributed by atoms with Crippen LogP contribution in [0.3, 0.4) is 0 Å². The van der Waals surface area contributed by atoms with Crippen LogP contribution < -0.4 is 10.5 Å². The standard InChI is InChI=1S/C16H22N6O5S2/c1-28-9-22-5-4-13(21-22)15(24)11-6-18-8-19-16(11)20-12-3-2-10(14(12)23)7-27-29(17,25)26/h4-6,8,10,12,14,23H,2-3,7,9H2,1H3,(H2,17,25,26)(H,18,19,20)/t10-,12-,14-/m1/s1. The number of aromatic nitrogens is 4. The number of hydrogen-bond donors (Lipinski definition) is 3. The van der Waals surface area contributed by atoms with Crippen LogP contribution in [0.4, 0.5) is 5.82 Å². The zero-order valence-corrected chi connectivity index (χ0v) is 17.3. The van der Waals surface area contributed by atoms with Crippen molar-refractivity contribution in [2.24, 2.45) is 11.1 Å². The van der Waals surface area contributed by atoms with Crippen LogP contribution in [0.15, 0.2) is 24.8 Å². The average Bonchev–Trinajstić information content (AvgIpc) is 3.27. The van der Waals surface area contributed by atoms with Crippen molar-refractivity contribution in [3.05, 3.63) is 36.0 Å². The molecule has 0 spiro atoms. The molecule has 3 rings (SSSR count). The Labute approximate surface area is 172 Å². The van der Waals surface area contributed by atoms with Crippen LogP contribution in [-0.2, 0) is 20.4 Å². The van der Waals surface area contributed by atoms with Gasteiger partial charge < -0.3 is 10.4 Å². The maximum absolute atomic E-state index is 12.9. The molecule has 4 N–H and O–H groups in total. The molecule has 0 amide bonds. The van der Waals surface area contributed by atoms with Gasteiger partial charge in [-0.15, -0.1) is 11.8 Å². The lowest BCUT2D eigenvalue weighted by Crippen LogP contribution is -2.35. The van der Waals surface area contributed by atoms with E-state index < -0.39 is 28.4 Å². The summed E-state index contributed by atoms with van der Waals surface area (Å²) in [4.78, 5) is 20.9. The molecule has 3 atom stereocenters. The van der Waals surface area contributed by atoms with E-state index in [0.717, 1.165) is 0 Å². The molecular formula is C16H22N6O5S2. The molecule has 0 unspecified atom stereocenters. The topological polar surface area (TPSA) is 162 Å². The van der Waals surface area contributed by atoms with Crippen molar-refractivity contribution in [2.75, 3.05) is 18.2 Å². The number of rotatable bonds is 9. The molecule has 1 saturated carbocycles. The summed E-state index contributed by atoms with van der Waals surface area (Å²) in [5, 5.41) is 22.7. The molecule has 2 aromatic heterocycles. The molecule has 13 heteroatoms. The van der Waals surface area contributed by atoms with Gasteiger partial charge in [0.15, 0.2) is 0 Å². The lowest BCUT2D eigenvalue weighted by atomic mass is 10.1. The number of nitrogens with zero attached hydrogens (tertiary/aromatic N) is 4. The summed E-state index contributed by atoms with van der Waals surface area (Å²) in [6, 6.07) is 1.19. The smallest absolute Gasteiger partial charge is 0.333 e. The molecule has 1 aliphatic carbocycles. The SMILES string of the molecule is CSCn1ccc(C(=O)c2cncnc2N[C@@H]2CC[C@H](COS(N)(=O)=O)[C@H]2O)n1. The number of nitrogens with two attached hydrogens (primary N) is 1. The average molecular weight is 443 g/mol. The number of nitrogens with one attached hydrogen (secondary N) is 1. The van der Waals surface area contributed by atoms with E-state index in [2.05, 4.69) is 24.6 Å². The quantitative estimate of drug-likeness (QED) is 0.450. The van der Waals surface area contributed by atoms with Gasteiger partial charge >= 0.3 is 10.3 Å². The van der Waals surface area contributed by atoms with Crippen molar-refractivity contribution >= 4 is 33.7 Å². The Morgan fingerprint density at radius 3 is 3.00 bits per heavy atom. The molecule has 2 aromatic rings. The fraction of sp³-hybridized carbons (Fsp3) is 0.500. The van der Waals surface area contributed by atoms with Gasteiger partial charge in [-0.05, 0) is 25.2 Å². The highest BCUT2D eigenvalue weighted by Gasteiger charge is 2.36. The third-order valence-corrected chi connectivity index (χ3v) is 5.59. The van der Waals surface area contributed by atoms with E-state index in [4.69, 9.17) is 5.14 Å². The van der Waals surface area contributed by atoms with E-state index >= 15 is 0 Å². The normalized spacial score (nSPS) is 22.0. The molecule has 0 aromatic carbocycles. The van der Waals surface area contributed by atoms with Crippen LogP contribution in [0.2, 0.25) is 0 Å². The zero-order valence-electron chi connectivity index (χ0n) is 15.6. The van der Waals surface area contributed by atoms with Gasteiger partial charge in [-0.25, -0.2) is 15.1 Å². The van der Waals surface area contributed by atoms with Gasteiger partial charge in [-0.2, -0.15) is 13.5 Å². The van der Waals surface area contributed by atoms with E-state index in [0.29, 0.717) is 18.7 Å². The Hall–Kier alpha value is -2.06. The Kier molecular flexibility index (Phi) is 6.85. The molecule has 158 valence electrons. The number of carbonyl (C=O) groups excluding carboxylic acids is 1. The largest absolute Gasteiger partial charge is 0.391 e. The summed E-state index contributed by atoms with van der Waals surface area (Å²) in [5.41, 5.74) is 0.502. The predicted octanol–water partition coefficient (Wildman–Crippen LogP) is -0.00390. The molecular weight excluding hydrogens is 420 g/mol. The first kappa shape index (κ1) is 21.6. The second-order valence-electron chi connectivity index (χ2n) is 6.63. The summed E-state index contributed by atoms with van der Waals surface area (Å²) in [5.74, 6) is 0.157. The van der Waals surface area contributed by atoms with E-state index in [1.165, 1.54) is 12.5 Å². The van der Waals surface area contributed by atoms with Crippen molar-refractivity contribution in [2.45, 2.75) is 30.9 Å². The molecule has 11 nitrogen and oxygen atoms in total. The number of hydrogen-bond acceptors (Lipinski definition) is 10.